The average Bonchev–Trinajstić information content (AvgIpc) is 3.40. The number of aromatic amines is 1. The van der Waals surface area contributed by atoms with Crippen molar-refractivity contribution in [1.29, 1.82) is 0 Å². The summed E-state index contributed by atoms with van der Waals surface area (Å²) in [5.74, 6) is 0.509. The summed E-state index contributed by atoms with van der Waals surface area (Å²) in [6, 6.07) is 22.6. The van der Waals surface area contributed by atoms with Gasteiger partial charge in [0.1, 0.15) is 11.3 Å². The summed E-state index contributed by atoms with van der Waals surface area (Å²) in [5, 5.41) is 3.43. The SMILES string of the molecule is FC(F)(F)c1cccc2[nH]c(CN(Cc3ccc(CNCc4ccccn4)cc3)C3CCCc4cccnc43)nc12. The smallest absolute Gasteiger partial charge is 0.341 e. The molecule has 0 saturated carbocycles. The van der Waals surface area contributed by atoms with E-state index in [1.54, 1.807) is 12.3 Å². The van der Waals surface area contributed by atoms with Gasteiger partial charge in [-0.2, -0.15) is 13.2 Å². The fraction of sp³-hybridized carbons (Fsp3) is 0.281. The largest absolute Gasteiger partial charge is 0.418 e. The highest BCUT2D eigenvalue weighted by Gasteiger charge is 2.34. The predicted molar refractivity (Wildman–Crippen MR) is 151 cm³/mol. The average molecular weight is 557 g/mol. The van der Waals surface area contributed by atoms with Crippen molar-refractivity contribution in [2.24, 2.45) is 0 Å². The maximum Gasteiger partial charge on any atom is 0.418 e. The van der Waals surface area contributed by atoms with E-state index in [4.69, 9.17) is 4.98 Å². The number of rotatable bonds is 9. The predicted octanol–water partition coefficient (Wildman–Crippen LogP) is 6.74. The van der Waals surface area contributed by atoms with Gasteiger partial charge in [-0.25, -0.2) is 4.98 Å². The number of aryl methyl sites for hydroxylation is 1. The van der Waals surface area contributed by atoms with Crippen molar-refractivity contribution in [3.05, 3.63) is 125 Å². The quantitative estimate of drug-likeness (QED) is 0.210. The number of fused-ring (bicyclic) bond motifs is 2. The molecule has 0 aliphatic heterocycles. The lowest BCUT2D eigenvalue weighted by atomic mass is 9.90. The topological polar surface area (TPSA) is 69.7 Å². The minimum Gasteiger partial charge on any atom is -0.341 e. The van der Waals surface area contributed by atoms with E-state index in [1.807, 2.05) is 30.5 Å². The molecule has 0 radical (unpaired) electrons. The van der Waals surface area contributed by atoms with Crippen molar-refractivity contribution in [2.75, 3.05) is 0 Å². The molecular formula is C32H31F3N6. The Labute approximate surface area is 236 Å². The molecule has 3 aromatic heterocycles. The van der Waals surface area contributed by atoms with Gasteiger partial charge in [0.25, 0.3) is 0 Å². The fourth-order valence-electron chi connectivity index (χ4n) is 5.63. The number of hydrogen-bond acceptors (Lipinski definition) is 5. The van der Waals surface area contributed by atoms with Crippen LogP contribution < -0.4 is 5.32 Å². The second-order valence-electron chi connectivity index (χ2n) is 10.5. The minimum absolute atomic E-state index is 0.0370. The highest BCUT2D eigenvalue weighted by molar-refractivity contribution is 5.79. The Balaban J connectivity index is 1.23. The first-order valence-electron chi connectivity index (χ1n) is 13.8. The van der Waals surface area contributed by atoms with E-state index in [1.165, 1.54) is 11.6 Å². The van der Waals surface area contributed by atoms with E-state index >= 15 is 0 Å². The molecule has 0 saturated heterocycles. The molecule has 2 N–H and O–H groups in total. The van der Waals surface area contributed by atoms with Crippen LogP contribution in [-0.4, -0.2) is 24.8 Å². The van der Waals surface area contributed by atoms with Crippen molar-refractivity contribution in [3.8, 4) is 0 Å². The standard InChI is InChI=1S/C32H31F3N6/c33-32(34,35)26-9-4-10-27-31(26)40-29(39-27)21-41(28-11-3-6-24-7-5-17-38-30(24)28)20-23-14-12-22(13-15-23)18-36-19-25-8-1-2-16-37-25/h1-2,4-5,7-10,12-17,28,36H,3,6,11,18-21H2,(H,39,40). The van der Waals surface area contributed by atoms with Crippen LogP contribution in [0.4, 0.5) is 13.2 Å². The third-order valence-corrected chi connectivity index (χ3v) is 7.60. The summed E-state index contributed by atoms with van der Waals surface area (Å²) in [4.78, 5) is 18.9. The van der Waals surface area contributed by atoms with E-state index in [9.17, 15) is 13.2 Å². The summed E-state index contributed by atoms with van der Waals surface area (Å²) >= 11 is 0. The van der Waals surface area contributed by atoms with Crippen LogP contribution in [0.2, 0.25) is 0 Å². The number of aromatic nitrogens is 4. The molecule has 6 rings (SSSR count). The van der Waals surface area contributed by atoms with Gasteiger partial charge in [0.2, 0.25) is 0 Å². The molecule has 1 unspecified atom stereocenters. The number of pyridine rings is 2. The lowest BCUT2D eigenvalue weighted by molar-refractivity contribution is -0.136. The number of nitrogens with one attached hydrogen (secondary N) is 2. The normalized spacial score (nSPS) is 15.4. The van der Waals surface area contributed by atoms with E-state index in [2.05, 4.69) is 55.5 Å². The van der Waals surface area contributed by atoms with Gasteiger partial charge in [-0.05, 0) is 66.3 Å². The van der Waals surface area contributed by atoms with Crippen molar-refractivity contribution < 1.29 is 13.2 Å². The van der Waals surface area contributed by atoms with E-state index in [0.29, 0.717) is 31.0 Å². The zero-order valence-corrected chi connectivity index (χ0v) is 22.5. The Hall–Kier alpha value is -4.08. The Morgan fingerprint density at radius 2 is 1.68 bits per heavy atom. The molecule has 9 heteroatoms. The van der Waals surface area contributed by atoms with Crippen molar-refractivity contribution >= 4 is 11.0 Å². The molecular weight excluding hydrogens is 525 g/mol. The Bertz CT molecular complexity index is 1600. The van der Waals surface area contributed by atoms with Crippen LogP contribution in [0.15, 0.2) is 85.2 Å². The summed E-state index contributed by atoms with van der Waals surface area (Å²) in [6.45, 7) is 2.41. The molecule has 1 aliphatic carbocycles. The Morgan fingerprint density at radius 1 is 0.854 bits per heavy atom. The number of para-hydroxylation sites is 1. The third kappa shape index (κ3) is 6.31. The van der Waals surface area contributed by atoms with Gasteiger partial charge >= 0.3 is 6.18 Å². The van der Waals surface area contributed by atoms with E-state index in [-0.39, 0.29) is 11.6 Å². The summed E-state index contributed by atoms with van der Waals surface area (Å²) in [6.07, 6.45) is 2.07. The number of alkyl halides is 3. The zero-order chi connectivity index (χ0) is 28.2. The highest BCUT2D eigenvalue weighted by atomic mass is 19.4. The van der Waals surface area contributed by atoms with Gasteiger partial charge in [-0.15, -0.1) is 0 Å². The molecule has 3 heterocycles. The number of H-pyrrole nitrogens is 1. The van der Waals surface area contributed by atoms with Gasteiger partial charge < -0.3 is 10.3 Å². The first-order valence-corrected chi connectivity index (χ1v) is 13.8. The van der Waals surface area contributed by atoms with Crippen LogP contribution in [-0.2, 0) is 38.8 Å². The van der Waals surface area contributed by atoms with Crippen LogP contribution in [0.1, 0.15) is 58.3 Å². The molecule has 210 valence electrons. The van der Waals surface area contributed by atoms with Gasteiger partial charge in [0.05, 0.1) is 35.1 Å². The molecule has 5 aromatic rings. The molecule has 0 amide bonds. The lowest BCUT2D eigenvalue weighted by Gasteiger charge is -2.34. The second kappa shape index (κ2) is 11.8. The van der Waals surface area contributed by atoms with Crippen molar-refractivity contribution in [1.82, 2.24) is 30.2 Å². The van der Waals surface area contributed by atoms with Crippen molar-refractivity contribution in [3.63, 3.8) is 0 Å². The lowest BCUT2D eigenvalue weighted by Crippen LogP contribution is -2.31. The Kier molecular flexibility index (Phi) is 7.80. The number of nitrogens with zero attached hydrogens (tertiary/aromatic N) is 4. The van der Waals surface area contributed by atoms with Crippen LogP contribution in [0, 0.1) is 0 Å². The molecule has 1 atom stereocenters. The van der Waals surface area contributed by atoms with Crippen LogP contribution >= 0.6 is 0 Å². The molecule has 0 fully saturated rings. The molecule has 6 nitrogen and oxygen atoms in total. The maximum absolute atomic E-state index is 13.6. The molecule has 0 spiro atoms. The molecule has 1 aliphatic rings. The Morgan fingerprint density at radius 3 is 2.49 bits per heavy atom. The number of halogens is 3. The third-order valence-electron chi connectivity index (χ3n) is 7.60. The summed E-state index contributed by atoms with van der Waals surface area (Å²) in [5.41, 5.74) is 5.17. The highest BCUT2D eigenvalue weighted by Crippen LogP contribution is 2.36. The summed E-state index contributed by atoms with van der Waals surface area (Å²) < 4.78 is 40.9. The van der Waals surface area contributed by atoms with E-state index in [0.717, 1.165) is 54.4 Å². The van der Waals surface area contributed by atoms with Gasteiger partial charge in [-0.3, -0.25) is 14.9 Å². The van der Waals surface area contributed by atoms with E-state index < -0.39 is 11.7 Å². The van der Waals surface area contributed by atoms with Crippen LogP contribution in [0.3, 0.4) is 0 Å². The number of hydrogen-bond donors (Lipinski definition) is 2. The van der Waals surface area contributed by atoms with Crippen molar-refractivity contribution in [2.45, 2.75) is 57.7 Å². The summed E-state index contributed by atoms with van der Waals surface area (Å²) in [7, 11) is 0. The molecule has 0 bridgehead atoms. The van der Waals surface area contributed by atoms with Gasteiger partial charge in [0.15, 0.2) is 0 Å². The first-order chi connectivity index (χ1) is 19.9. The minimum atomic E-state index is -4.47. The van der Waals surface area contributed by atoms with Gasteiger partial charge in [-0.1, -0.05) is 42.5 Å². The zero-order valence-electron chi connectivity index (χ0n) is 22.5. The number of imidazole rings is 1. The number of benzene rings is 2. The monoisotopic (exact) mass is 556 g/mol. The van der Waals surface area contributed by atoms with Crippen LogP contribution in [0.25, 0.3) is 11.0 Å². The molecule has 41 heavy (non-hydrogen) atoms. The molecule has 2 aromatic carbocycles. The van der Waals surface area contributed by atoms with Gasteiger partial charge in [0, 0.05) is 32.0 Å². The fourth-order valence-corrected chi connectivity index (χ4v) is 5.63. The maximum atomic E-state index is 13.6. The second-order valence-corrected chi connectivity index (χ2v) is 10.5. The first kappa shape index (κ1) is 27.1. The van der Waals surface area contributed by atoms with Crippen LogP contribution in [0.5, 0.6) is 0 Å².